The average Bonchev–Trinajstić information content (AvgIpc) is 3.03. The molecule has 7 heteroatoms. The Kier molecular flexibility index (Phi) is 6.18. The van der Waals surface area contributed by atoms with Crippen LogP contribution in [0.3, 0.4) is 0 Å². The highest BCUT2D eigenvalue weighted by Gasteiger charge is 2.46. The molecule has 3 amide bonds. The van der Waals surface area contributed by atoms with Gasteiger partial charge in [0.25, 0.3) is 0 Å². The van der Waals surface area contributed by atoms with Crippen molar-refractivity contribution < 1.29 is 14.4 Å². The molecule has 4 rings (SSSR count). The van der Waals surface area contributed by atoms with Crippen LogP contribution in [0.2, 0.25) is 0 Å². The fourth-order valence-corrected chi connectivity index (χ4v) is 4.60. The predicted molar refractivity (Wildman–Crippen MR) is 116 cm³/mol. The number of nitrogens with one attached hydrogen (secondary N) is 1. The Morgan fingerprint density at radius 1 is 0.967 bits per heavy atom. The van der Waals surface area contributed by atoms with Crippen molar-refractivity contribution in [2.24, 2.45) is 11.8 Å². The predicted octanol–water partition coefficient (Wildman–Crippen LogP) is 2.11. The van der Waals surface area contributed by atoms with E-state index in [1.807, 2.05) is 36.4 Å². The molecule has 7 nitrogen and oxygen atoms in total. The first-order valence-corrected chi connectivity index (χ1v) is 10.9. The van der Waals surface area contributed by atoms with Crippen molar-refractivity contribution in [3.8, 4) is 0 Å². The number of carbonyl (C=O) groups is 3. The molecule has 1 N–H and O–H groups in total. The summed E-state index contributed by atoms with van der Waals surface area (Å²) in [5.74, 6) is -0.924. The molecule has 30 heavy (non-hydrogen) atoms. The van der Waals surface area contributed by atoms with E-state index >= 15 is 0 Å². The van der Waals surface area contributed by atoms with Crippen LogP contribution in [0.25, 0.3) is 0 Å². The lowest BCUT2D eigenvalue weighted by atomic mass is 9.85. The molecule has 0 unspecified atom stereocenters. The van der Waals surface area contributed by atoms with Crippen LogP contribution in [0.15, 0.2) is 36.4 Å². The van der Waals surface area contributed by atoms with Gasteiger partial charge < -0.3 is 15.1 Å². The zero-order valence-electron chi connectivity index (χ0n) is 17.5. The number of carbonyl (C=O) groups excluding carboxylic acids is 3. The van der Waals surface area contributed by atoms with Crippen molar-refractivity contribution >= 4 is 29.1 Å². The minimum absolute atomic E-state index is 0.116. The quantitative estimate of drug-likeness (QED) is 0.574. The van der Waals surface area contributed by atoms with E-state index in [1.165, 1.54) is 4.90 Å². The number of piperazine rings is 1. The first-order valence-electron chi connectivity index (χ1n) is 10.9. The number of allylic oxidation sites excluding steroid dienone is 2. The monoisotopic (exact) mass is 410 g/mol. The van der Waals surface area contributed by atoms with E-state index in [0.717, 1.165) is 44.1 Å². The number of nitrogens with zero attached hydrogens (tertiary/aromatic N) is 3. The Morgan fingerprint density at radius 2 is 1.57 bits per heavy atom. The highest BCUT2D eigenvalue weighted by atomic mass is 16.2. The van der Waals surface area contributed by atoms with Crippen LogP contribution in [0.1, 0.15) is 26.2 Å². The van der Waals surface area contributed by atoms with Crippen molar-refractivity contribution in [3.63, 3.8) is 0 Å². The minimum atomic E-state index is -0.239. The third-order valence-corrected chi connectivity index (χ3v) is 6.50. The molecule has 2 aliphatic heterocycles. The molecule has 2 atom stereocenters. The van der Waals surface area contributed by atoms with Crippen molar-refractivity contribution in [2.45, 2.75) is 26.2 Å². The molecule has 0 saturated carbocycles. The number of hydrogen-bond acceptors (Lipinski definition) is 5. The molecule has 2 saturated heterocycles. The zero-order valence-corrected chi connectivity index (χ0v) is 17.5. The van der Waals surface area contributed by atoms with Crippen molar-refractivity contribution in [2.75, 3.05) is 49.5 Å². The van der Waals surface area contributed by atoms with Gasteiger partial charge >= 0.3 is 0 Å². The molecule has 1 aromatic carbocycles. The molecule has 0 spiro atoms. The number of imide groups is 1. The molecule has 1 aromatic rings. The summed E-state index contributed by atoms with van der Waals surface area (Å²) in [7, 11) is 0. The van der Waals surface area contributed by atoms with Crippen LogP contribution in [0.5, 0.6) is 0 Å². The van der Waals surface area contributed by atoms with Crippen molar-refractivity contribution in [1.29, 1.82) is 0 Å². The minimum Gasteiger partial charge on any atom is -0.369 e. The van der Waals surface area contributed by atoms with E-state index in [1.54, 1.807) is 0 Å². The first-order chi connectivity index (χ1) is 14.6. The number of amides is 3. The van der Waals surface area contributed by atoms with Crippen LogP contribution in [0, 0.1) is 11.8 Å². The summed E-state index contributed by atoms with van der Waals surface area (Å²) in [5, 5.41) is 2.88. The van der Waals surface area contributed by atoms with Crippen LogP contribution in [0.4, 0.5) is 11.4 Å². The molecule has 160 valence electrons. The number of likely N-dealkylation sites (tertiary alicyclic amines) is 1. The summed E-state index contributed by atoms with van der Waals surface area (Å²) in [6.07, 6.45) is 5.30. The number of rotatable bonds is 6. The molecular weight excluding hydrogens is 380 g/mol. The maximum Gasteiger partial charge on any atom is 0.233 e. The Morgan fingerprint density at radius 3 is 2.13 bits per heavy atom. The van der Waals surface area contributed by atoms with Gasteiger partial charge in [0.2, 0.25) is 17.7 Å². The molecule has 2 fully saturated rings. The summed E-state index contributed by atoms with van der Waals surface area (Å²) in [6.45, 7) is 7.58. The molecule has 1 aliphatic carbocycles. The fourth-order valence-electron chi connectivity index (χ4n) is 4.60. The summed E-state index contributed by atoms with van der Waals surface area (Å²) in [6, 6.07) is 7.88. The van der Waals surface area contributed by atoms with Crippen LogP contribution in [-0.2, 0) is 14.4 Å². The van der Waals surface area contributed by atoms with Gasteiger partial charge in [-0.15, -0.1) is 0 Å². The summed E-state index contributed by atoms with van der Waals surface area (Å²) >= 11 is 0. The second-order valence-corrected chi connectivity index (χ2v) is 8.25. The van der Waals surface area contributed by atoms with E-state index < -0.39 is 0 Å². The maximum absolute atomic E-state index is 12.5. The van der Waals surface area contributed by atoms with Gasteiger partial charge in [0.15, 0.2) is 0 Å². The van der Waals surface area contributed by atoms with E-state index in [0.29, 0.717) is 12.8 Å². The molecule has 0 aromatic heterocycles. The average molecular weight is 411 g/mol. The lowest BCUT2D eigenvalue weighted by Gasteiger charge is -2.35. The second kappa shape index (κ2) is 9.00. The summed E-state index contributed by atoms with van der Waals surface area (Å²) in [4.78, 5) is 43.4. The van der Waals surface area contributed by atoms with Gasteiger partial charge in [-0.3, -0.25) is 19.3 Å². The van der Waals surface area contributed by atoms with Crippen LogP contribution < -0.4 is 10.2 Å². The van der Waals surface area contributed by atoms with Gasteiger partial charge in [-0.05, 0) is 43.7 Å². The number of hydrogen-bond donors (Lipinski definition) is 1. The highest BCUT2D eigenvalue weighted by Crippen LogP contribution is 2.35. The largest absolute Gasteiger partial charge is 0.369 e. The highest BCUT2D eigenvalue weighted by molar-refractivity contribution is 6.05. The van der Waals surface area contributed by atoms with E-state index in [2.05, 4.69) is 22.0 Å². The Balaban J connectivity index is 1.26. The standard InChI is InChI=1S/C23H30N4O3/c1-2-25-13-15-26(16-14-25)18-9-7-17(8-10-18)24-21(28)11-12-27-22(29)19-5-3-4-6-20(19)23(27)30/h3-4,7-10,19-20H,2,5-6,11-16H2,1H3,(H,24,28)/t19-,20+. The molecule has 2 heterocycles. The number of benzene rings is 1. The van der Waals surface area contributed by atoms with E-state index in [9.17, 15) is 14.4 Å². The normalized spacial score (nSPS) is 24.3. The van der Waals surface area contributed by atoms with Crippen molar-refractivity contribution in [1.82, 2.24) is 9.80 Å². The number of anilines is 2. The van der Waals surface area contributed by atoms with Crippen molar-refractivity contribution in [3.05, 3.63) is 36.4 Å². The Hall–Kier alpha value is -2.67. The molecular formula is C23H30N4O3. The maximum atomic E-state index is 12.5. The molecule has 0 bridgehead atoms. The third-order valence-electron chi connectivity index (χ3n) is 6.50. The summed E-state index contributed by atoms with van der Waals surface area (Å²) < 4.78 is 0. The zero-order chi connectivity index (χ0) is 21.1. The lowest BCUT2D eigenvalue weighted by molar-refractivity contribution is -0.140. The lowest BCUT2D eigenvalue weighted by Crippen LogP contribution is -2.46. The first kappa shape index (κ1) is 20.6. The van der Waals surface area contributed by atoms with Gasteiger partial charge in [-0.1, -0.05) is 19.1 Å². The Bertz CT molecular complexity index is 801. The van der Waals surface area contributed by atoms with Gasteiger partial charge in [0, 0.05) is 50.5 Å². The second-order valence-electron chi connectivity index (χ2n) is 8.25. The fraction of sp³-hybridized carbons (Fsp3) is 0.522. The summed E-state index contributed by atoms with van der Waals surface area (Å²) in [5.41, 5.74) is 1.89. The van der Waals surface area contributed by atoms with Gasteiger partial charge in [0.05, 0.1) is 11.8 Å². The third kappa shape index (κ3) is 4.26. The van der Waals surface area contributed by atoms with Gasteiger partial charge in [-0.25, -0.2) is 0 Å². The number of fused-ring (bicyclic) bond motifs is 1. The van der Waals surface area contributed by atoms with Gasteiger partial charge in [-0.2, -0.15) is 0 Å². The number of likely N-dealkylation sites (N-methyl/N-ethyl adjacent to an activating group) is 1. The van der Waals surface area contributed by atoms with E-state index in [4.69, 9.17) is 0 Å². The van der Waals surface area contributed by atoms with Crippen LogP contribution >= 0.6 is 0 Å². The van der Waals surface area contributed by atoms with Crippen LogP contribution in [-0.4, -0.2) is 66.8 Å². The smallest absolute Gasteiger partial charge is 0.233 e. The SMILES string of the molecule is CCN1CCN(c2ccc(NC(=O)CCN3C(=O)[C@H]4CC=CC[C@H]4C3=O)cc2)CC1. The Labute approximate surface area is 177 Å². The molecule has 0 radical (unpaired) electrons. The topological polar surface area (TPSA) is 73.0 Å². The van der Waals surface area contributed by atoms with E-state index in [-0.39, 0.29) is 42.5 Å². The molecule has 3 aliphatic rings. The van der Waals surface area contributed by atoms with Gasteiger partial charge in [0.1, 0.15) is 0 Å².